The van der Waals surface area contributed by atoms with Crippen molar-refractivity contribution in [1.82, 2.24) is 68.9 Å². The topological polar surface area (TPSA) is 560 Å². The number of anilines is 8. The minimum Gasteiger partial charge on any atom is -0.508 e. The largest absolute Gasteiger partial charge is 0.508 e. The number of nitrogens with two attached hydrogens (primary N) is 2. The molecule has 9 aromatic rings. The molecule has 12 amide bonds. The second-order valence-electron chi connectivity index (χ2n) is 29.9. The molecule has 12 rings (SSSR count). The molecule has 42 heteroatoms. The number of imidazole rings is 1. The van der Waals surface area contributed by atoms with Gasteiger partial charge in [-0.15, -0.1) is 0 Å². The van der Waals surface area contributed by atoms with E-state index in [4.69, 9.17) is 28.1 Å². The molecule has 7 aromatic heterocycles. The zero-order valence-electron chi connectivity index (χ0n) is 68.8. The average molecular weight is 1730 g/mol. The fourth-order valence-corrected chi connectivity index (χ4v) is 14.4. The fourth-order valence-electron chi connectivity index (χ4n) is 14.2. The zero-order valence-corrected chi connectivity index (χ0v) is 69.6. The van der Waals surface area contributed by atoms with Crippen LogP contribution in [0.15, 0.2) is 144 Å². The number of unbranched alkanes of at least 4 members (excludes halogenated alkanes) is 2. The number of aromatic carboxylic acids is 1. The van der Waals surface area contributed by atoms with Crippen molar-refractivity contribution in [3.63, 3.8) is 0 Å². The first-order valence-electron chi connectivity index (χ1n) is 39.3. The summed E-state index contributed by atoms with van der Waals surface area (Å²) in [6.07, 6.45) is 12.6. The predicted octanol–water partition coefficient (Wildman–Crippen LogP) is 4.52. The van der Waals surface area contributed by atoms with E-state index in [9.17, 15) is 77.3 Å². The minimum absolute atomic E-state index is 0.0110. The number of carboxylic acids is 1. The maximum Gasteiger partial charge on any atom is 0.336 e. The molecule has 2 aromatic carbocycles. The molecule has 0 bridgehead atoms. The van der Waals surface area contributed by atoms with Gasteiger partial charge in [-0.05, 0) is 116 Å². The number of thiocarbonyl (C=S) groups is 1. The maximum atomic E-state index is 13.4. The van der Waals surface area contributed by atoms with E-state index in [1.807, 2.05) is 0 Å². The van der Waals surface area contributed by atoms with Crippen molar-refractivity contribution in [2.75, 3.05) is 75.3 Å². The minimum atomic E-state index is -1.21. The second-order valence-corrected chi connectivity index (χ2v) is 30.3. The molecule has 1 fully saturated rings. The van der Waals surface area contributed by atoms with Crippen LogP contribution < -0.4 is 91.3 Å². The number of phenols is 1. The first kappa shape index (κ1) is 88.8. The van der Waals surface area contributed by atoms with Crippen LogP contribution in [-0.2, 0) is 73.3 Å². The number of benzene rings is 3. The van der Waals surface area contributed by atoms with Crippen LogP contribution in [0.4, 0.5) is 45.6 Å². The number of aromatic hydroxyl groups is 1. The Morgan fingerprint density at radius 1 is 0.504 bits per heavy atom. The van der Waals surface area contributed by atoms with Gasteiger partial charge in [-0.25, -0.2) is 9.78 Å². The van der Waals surface area contributed by atoms with Gasteiger partial charge in [0.1, 0.15) is 51.3 Å². The third kappa shape index (κ3) is 22.2. The molecular weight excluding hydrogens is 1640 g/mol. The number of amides is 12. The number of hydrogen-bond acceptors (Lipinski definition) is 20. The molecule has 9 heterocycles. The van der Waals surface area contributed by atoms with Crippen molar-refractivity contribution in [3.8, 4) is 28.2 Å². The Balaban J connectivity index is 0.495. The Labute approximate surface area is 717 Å². The summed E-state index contributed by atoms with van der Waals surface area (Å²) in [6, 6.07) is 20.0. The van der Waals surface area contributed by atoms with Gasteiger partial charge in [0.25, 0.3) is 41.4 Å². The molecule has 20 N–H and O–H groups in total. The van der Waals surface area contributed by atoms with Crippen LogP contribution in [0.25, 0.3) is 33.4 Å². The van der Waals surface area contributed by atoms with Gasteiger partial charge >= 0.3 is 5.97 Å². The lowest BCUT2D eigenvalue weighted by Crippen LogP contribution is -2.39. The summed E-state index contributed by atoms with van der Waals surface area (Å²) in [4.78, 5) is 186. The van der Waals surface area contributed by atoms with E-state index in [0.717, 1.165) is 0 Å². The van der Waals surface area contributed by atoms with Crippen molar-refractivity contribution in [2.45, 2.75) is 69.5 Å². The van der Waals surface area contributed by atoms with E-state index in [-0.39, 0.29) is 160 Å². The van der Waals surface area contributed by atoms with Crippen LogP contribution in [0, 0.1) is 0 Å². The standard InChI is InChI=1S/C83H92N24O17S/c1-101-37-46(27-59(101)72(85)113)95-80(120)64-32-49(40-106(64)6)96-79(119)63-28-45(36-105(63)5)92-70(112)20-24-88-77(117)60-29-47(38-102(60)2)93-74(114)57(84)18-22-86-76(116)61-30-48(39-103(61)3)94-75(115)58-26-44(35-90-58)91-69(111)19-23-87-78(118)62-31-50(41-104(62)4)97-81(121)73-100-67(42-107(73)7)99-68(110)11-9-8-10-21-89-83(125)98-43-12-15-53(56(25-43)82(122)123)71-54-16-13-51(108)33-65(54)124-66-34-52(109)14-17-55(66)71/h12-17,25,27-34,36-42,44,57-58,90,108H,8-11,18-24,26,35,84H2,1-7H3,(H2,85,113)(H,86,116)(H,87,118)(H,88,117)(H,91,111)(H,92,112)(H,93,114)(H,94,115)(H,95,120)(H,96,119)(H,97,121)(H,99,110)(H,122,123)(H2,89,98,125)/t44-,57+,58-/m0/s1. The van der Waals surface area contributed by atoms with E-state index in [2.05, 4.69) is 79.4 Å². The number of carbonyl (C=O) groups is 13. The molecule has 3 atom stereocenters. The number of fused-ring (bicyclic) bond motifs is 2. The van der Waals surface area contributed by atoms with Crippen LogP contribution in [0.3, 0.4) is 0 Å². The van der Waals surface area contributed by atoms with E-state index in [1.54, 1.807) is 86.0 Å². The summed E-state index contributed by atoms with van der Waals surface area (Å²) in [7, 11) is 11.2. The van der Waals surface area contributed by atoms with E-state index >= 15 is 0 Å². The molecular formula is C83H92N24O17S. The van der Waals surface area contributed by atoms with Crippen LogP contribution in [-0.4, -0.2) is 180 Å². The van der Waals surface area contributed by atoms with Crippen molar-refractivity contribution in [1.29, 1.82) is 0 Å². The highest BCUT2D eigenvalue weighted by Gasteiger charge is 2.32. The molecule has 0 saturated carbocycles. The van der Waals surface area contributed by atoms with Crippen LogP contribution in [0.1, 0.15) is 135 Å². The third-order valence-corrected chi connectivity index (χ3v) is 20.6. The fraction of sp³-hybridized carbons (Fsp3) is 0.277. The van der Waals surface area contributed by atoms with Crippen molar-refractivity contribution in [2.24, 2.45) is 60.8 Å². The van der Waals surface area contributed by atoms with Crippen molar-refractivity contribution in [3.05, 3.63) is 190 Å². The summed E-state index contributed by atoms with van der Waals surface area (Å²) in [5.41, 5.74) is 16.2. The molecule has 0 spiro atoms. The smallest absolute Gasteiger partial charge is 0.336 e. The predicted molar refractivity (Wildman–Crippen MR) is 466 cm³/mol. The van der Waals surface area contributed by atoms with Crippen LogP contribution >= 0.6 is 12.2 Å². The molecule has 41 nitrogen and oxygen atoms in total. The molecule has 0 unspecified atom stereocenters. The lowest BCUT2D eigenvalue weighted by atomic mass is 9.90. The van der Waals surface area contributed by atoms with E-state index in [1.165, 1.54) is 130 Å². The number of nitrogens with zero attached hydrogens (tertiary/aromatic N) is 8. The monoisotopic (exact) mass is 1730 g/mol. The highest BCUT2D eigenvalue weighted by Crippen LogP contribution is 2.43. The number of aromatic nitrogens is 8. The van der Waals surface area contributed by atoms with Crippen molar-refractivity contribution < 1.29 is 77.0 Å². The quantitative estimate of drug-likeness (QED) is 0.0147. The maximum absolute atomic E-state index is 13.4. The van der Waals surface area contributed by atoms with E-state index < -0.39 is 83.2 Å². The molecule has 1 aliphatic carbocycles. The summed E-state index contributed by atoms with van der Waals surface area (Å²) in [5, 5.41) is 60.5. The first-order valence-corrected chi connectivity index (χ1v) is 39.7. The number of rotatable bonds is 35. The van der Waals surface area contributed by atoms with Crippen LogP contribution in [0.5, 0.6) is 5.75 Å². The normalized spacial score (nSPS) is 13.1. The van der Waals surface area contributed by atoms with Gasteiger partial charge in [-0.1, -0.05) is 12.5 Å². The Morgan fingerprint density at radius 3 is 1.59 bits per heavy atom. The summed E-state index contributed by atoms with van der Waals surface area (Å²) < 4.78 is 16.3. The molecule has 125 heavy (non-hydrogen) atoms. The second kappa shape index (κ2) is 38.9. The van der Waals surface area contributed by atoms with Gasteiger partial charge in [-0.3, -0.25) is 62.3 Å². The van der Waals surface area contributed by atoms with Gasteiger partial charge in [0.15, 0.2) is 16.4 Å². The number of aryl methyl sites for hydroxylation is 7. The van der Waals surface area contributed by atoms with Crippen LogP contribution in [0.2, 0.25) is 0 Å². The molecule has 1 saturated heterocycles. The van der Waals surface area contributed by atoms with Crippen molar-refractivity contribution >= 4 is 151 Å². The molecule has 652 valence electrons. The number of carbonyl (C=O) groups excluding carboxylic acids is 12. The number of phenolic OH excluding ortho intramolecular Hbond substituents is 1. The zero-order chi connectivity index (χ0) is 89.8. The highest BCUT2D eigenvalue weighted by molar-refractivity contribution is 7.80. The number of hydrogen-bond donors (Lipinski definition) is 18. The lowest BCUT2D eigenvalue weighted by Gasteiger charge is -2.18. The highest BCUT2D eigenvalue weighted by atomic mass is 32.1. The van der Waals surface area contributed by atoms with Gasteiger partial charge in [-0.2, -0.15) is 0 Å². The number of primary amides is 1. The average Bonchev–Trinajstić information content (AvgIpc) is 1.35. The lowest BCUT2D eigenvalue weighted by molar-refractivity contribution is -0.122. The van der Waals surface area contributed by atoms with Gasteiger partial charge in [0.05, 0.1) is 51.8 Å². The third-order valence-electron chi connectivity index (χ3n) is 20.4. The Hall–Kier alpha value is -15.5. The first-order chi connectivity index (χ1) is 59.6. The Kier molecular flexibility index (Phi) is 27.7. The molecule has 0 radical (unpaired) electrons. The van der Waals surface area contributed by atoms with Gasteiger partial charge in [0, 0.05) is 185 Å². The van der Waals surface area contributed by atoms with Gasteiger partial charge < -0.3 is 133 Å². The summed E-state index contributed by atoms with van der Waals surface area (Å²) in [5.74, 6) is -7.03. The Morgan fingerprint density at radius 2 is 1.02 bits per heavy atom. The Bertz CT molecular complexity index is 6130. The molecule has 3 aliphatic rings. The summed E-state index contributed by atoms with van der Waals surface area (Å²) >= 11 is 5.50. The number of carboxylic acid groups (broad SMARTS) is 1. The van der Waals surface area contributed by atoms with E-state index in [0.29, 0.717) is 76.3 Å². The SMILES string of the molecule is Cn1cc(NC(=O)c2cc(NC(=O)c3cc(NC(=O)CCNC(=O)c4cc(NC(=O)[C@H](N)CCNC(=O)c5cc(NC(=O)[C@@H]6C[C@H](NC(=O)CCNC(=O)c7cc(NC(=O)c8nc(NC(=O)CCCCCNC(=S)Nc9ccc(-c%10c%11ccc(=O)cc-%11oc%11cc(O)ccc%10%11)c(C(=O)O)c9)cn8C)cn7C)CN6)cn5C)cn4C)cn3C)cn2C)cc1C(N)=O. The number of nitrogens with one attached hydrogen (secondary N) is 14. The van der Waals surface area contributed by atoms with Gasteiger partial charge in [0.2, 0.25) is 35.4 Å². The molecule has 2 aliphatic heterocycles. The summed E-state index contributed by atoms with van der Waals surface area (Å²) in [6.45, 7) is 0.588.